The van der Waals surface area contributed by atoms with Crippen molar-refractivity contribution in [1.82, 2.24) is 10.2 Å². The van der Waals surface area contributed by atoms with Crippen LogP contribution < -0.4 is 5.32 Å². The number of hydrogen-bond acceptors (Lipinski definition) is 2. The summed E-state index contributed by atoms with van der Waals surface area (Å²) in [6.07, 6.45) is 8.56. The highest BCUT2D eigenvalue weighted by Gasteiger charge is 2.23. The Morgan fingerprint density at radius 3 is 2.88 bits per heavy atom. The zero-order valence-electron chi connectivity index (χ0n) is 11.8. The molecule has 2 aliphatic rings. The SMILES string of the molecule is CCC(C)C1CN(CCCC2CC2)CCCN1. The molecule has 100 valence electrons. The first-order valence-electron chi connectivity index (χ1n) is 7.75. The molecule has 0 amide bonds. The highest BCUT2D eigenvalue weighted by molar-refractivity contribution is 4.81. The monoisotopic (exact) mass is 238 g/mol. The Bertz CT molecular complexity index is 213. The lowest BCUT2D eigenvalue weighted by Gasteiger charge is -2.28. The maximum atomic E-state index is 3.73. The summed E-state index contributed by atoms with van der Waals surface area (Å²) in [5.41, 5.74) is 0. The molecule has 1 saturated heterocycles. The first-order valence-corrected chi connectivity index (χ1v) is 7.75. The molecule has 0 aromatic carbocycles. The van der Waals surface area contributed by atoms with Gasteiger partial charge in [-0.15, -0.1) is 0 Å². The molecule has 2 unspecified atom stereocenters. The van der Waals surface area contributed by atoms with Gasteiger partial charge in [0, 0.05) is 12.6 Å². The van der Waals surface area contributed by atoms with Crippen LogP contribution in [0.2, 0.25) is 0 Å². The Labute approximate surface area is 107 Å². The second-order valence-corrected chi connectivity index (χ2v) is 6.19. The van der Waals surface area contributed by atoms with Gasteiger partial charge in [-0.1, -0.05) is 33.1 Å². The summed E-state index contributed by atoms with van der Waals surface area (Å²) in [7, 11) is 0. The van der Waals surface area contributed by atoms with Gasteiger partial charge in [-0.2, -0.15) is 0 Å². The average Bonchev–Trinajstić information content (AvgIpc) is 3.15. The van der Waals surface area contributed by atoms with Crippen molar-refractivity contribution >= 4 is 0 Å². The molecule has 2 nitrogen and oxygen atoms in total. The van der Waals surface area contributed by atoms with Crippen molar-refractivity contribution < 1.29 is 0 Å². The number of nitrogens with zero attached hydrogens (tertiary/aromatic N) is 1. The van der Waals surface area contributed by atoms with Gasteiger partial charge < -0.3 is 10.2 Å². The molecule has 1 aliphatic carbocycles. The smallest absolute Gasteiger partial charge is 0.0220 e. The maximum Gasteiger partial charge on any atom is 0.0220 e. The third-order valence-corrected chi connectivity index (χ3v) is 4.63. The molecule has 0 aromatic heterocycles. The van der Waals surface area contributed by atoms with Crippen LogP contribution in [0.3, 0.4) is 0 Å². The summed E-state index contributed by atoms with van der Waals surface area (Å²) in [5.74, 6) is 1.92. The van der Waals surface area contributed by atoms with Crippen LogP contribution >= 0.6 is 0 Å². The largest absolute Gasteiger partial charge is 0.312 e. The fourth-order valence-corrected chi connectivity index (χ4v) is 2.90. The molecule has 1 saturated carbocycles. The second kappa shape index (κ2) is 6.75. The molecule has 2 rings (SSSR count). The molecule has 1 aliphatic heterocycles. The van der Waals surface area contributed by atoms with Gasteiger partial charge in [0.05, 0.1) is 0 Å². The highest BCUT2D eigenvalue weighted by atomic mass is 15.2. The van der Waals surface area contributed by atoms with Gasteiger partial charge >= 0.3 is 0 Å². The van der Waals surface area contributed by atoms with Gasteiger partial charge in [0.1, 0.15) is 0 Å². The van der Waals surface area contributed by atoms with Crippen molar-refractivity contribution in [2.45, 2.75) is 58.4 Å². The third kappa shape index (κ3) is 4.59. The molecule has 0 aromatic rings. The molecule has 0 radical (unpaired) electrons. The molecule has 2 atom stereocenters. The fraction of sp³-hybridized carbons (Fsp3) is 1.00. The van der Waals surface area contributed by atoms with Gasteiger partial charge in [-0.05, 0) is 50.7 Å². The zero-order chi connectivity index (χ0) is 12.1. The lowest BCUT2D eigenvalue weighted by atomic mass is 9.99. The molecule has 2 fully saturated rings. The number of nitrogens with one attached hydrogen (secondary N) is 1. The summed E-state index contributed by atoms with van der Waals surface area (Å²) >= 11 is 0. The van der Waals surface area contributed by atoms with Gasteiger partial charge in [-0.3, -0.25) is 0 Å². The first kappa shape index (κ1) is 13.4. The summed E-state index contributed by atoms with van der Waals surface area (Å²) in [4.78, 5) is 2.71. The van der Waals surface area contributed by atoms with Crippen LogP contribution in [-0.2, 0) is 0 Å². The molecule has 0 spiro atoms. The Morgan fingerprint density at radius 2 is 2.18 bits per heavy atom. The van der Waals surface area contributed by atoms with Crippen molar-refractivity contribution in [3.63, 3.8) is 0 Å². The van der Waals surface area contributed by atoms with E-state index in [2.05, 4.69) is 24.1 Å². The first-order chi connectivity index (χ1) is 8.29. The minimum atomic E-state index is 0.725. The third-order valence-electron chi connectivity index (χ3n) is 4.63. The van der Waals surface area contributed by atoms with E-state index in [0.29, 0.717) is 0 Å². The normalized spacial score (nSPS) is 28.9. The van der Waals surface area contributed by atoms with Gasteiger partial charge in [0.2, 0.25) is 0 Å². The van der Waals surface area contributed by atoms with Crippen LogP contribution in [-0.4, -0.2) is 37.1 Å². The van der Waals surface area contributed by atoms with E-state index in [1.807, 2.05) is 0 Å². The Hall–Kier alpha value is -0.0800. The molecule has 1 N–H and O–H groups in total. The average molecular weight is 238 g/mol. The topological polar surface area (TPSA) is 15.3 Å². The predicted octanol–water partition coefficient (Wildman–Crippen LogP) is 2.89. The van der Waals surface area contributed by atoms with E-state index < -0.39 is 0 Å². The molecule has 2 heteroatoms. The van der Waals surface area contributed by atoms with Crippen molar-refractivity contribution in [2.75, 3.05) is 26.2 Å². The fourth-order valence-electron chi connectivity index (χ4n) is 2.90. The van der Waals surface area contributed by atoms with Crippen molar-refractivity contribution in [3.8, 4) is 0 Å². The van der Waals surface area contributed by atoms with Gasteiger partial charge in [-0.25, -0.2) is 0 Å². The Balaban J connectivity index is 1.70. The van der Waals surface area contributed by atoms with E-state index in [-0.39, 0.29) is 0 Å². The maximum absolute atomic E-state index is 3.73. The Morgan fingerprint density at radius 1 is 1.35 bits per heavy atom. The van der Waals surface area contributed by atoms with Crippen LogP contribution in [0, 0.1) is 11.8 Å². The van der Waals surface area contributed by atoms with E-state index >= 15 is 0 Å². The molecule has 1 heterocycles. The predicted molar refractivity (Wildman–Crippen MR) is 74.3 cm³/mol. The van der Waals surface area contributed by atoms with Crippen LogP contribution in [0.4, 0.5) is 0 Å². The summed E-state index contributed by atoms with van der Waals surface area (Å²) < 4.78 is 0. The standard InChI is InChI=1S/C15H30N2/c1-3-13(2)15-12-17(11-5-9-16-15)10-4-6-14-7-8-14/h13-16H,3-12H2,1-2H3. The van der Waals surface area contributed by atoms with Gasteiger partial charge in [0.15, 0.2) is 0 Å². The van der Waals surface area contributed by atoms with Crippen LogP contribution in [0.1, 0.15) is 52.4 Å². The highest BCUT2D eigenvalue weighted by Crippen LogP contribution is 2.33. The quantitative estimate of drug-likeness (QED) is 0.765. The van der Waals surface area contributed by atoms with Crippen molar-refractivity contribution in [1.29, 1.82) is 0 Å². The lowest BCUT2D eigenvalue weighted by Crippen LogP contribution is -2.42. The summed E-state index contributed by atoms with van der Waals surface area (Å²) in [6, 6.07) is 0.725. The van der Waals surface area contributed by atoms with Crippen LogP contribution in [0.15, 0.2) is 0 Å². The minimum Gasteiger partial charge on any atom is -0.312 e. The van der Waals surface area contributed by atoms with E-state index in [0.717, 1.165) is 17.9 Å². The number of hydrogen-bond donors (Lipinski definition) is 1. The van der Waals surface area contributed by atoms with Crippen molar-refractivity contribution in [3.05, 3.63) is 0 Å². The van der Waals surface area contributed by atoms with Crippen LogP contribution in [0.25, 0.3) is 0 Å². The molecule has 17 heavy (non-hydrogen) atoms. The number of rotatable bonds is 6. The molecule has 0 bridgehead atoms. The molecular weight excluding hydrogens is 208 g/mol. The Kier molecular flexibility index (Phi) is 5.30. The van der Waals surface area contributed by atoms with E-state index in [4.69, 9.17) is 0 Å². The minimum absolute atomic E-state index is 0.725. The van der Waals surface area contributed by atoms with E-state index in [1.54, 1.807) is 0 Å². The molecular formula is C15H30N2. The summed E-state index contributed by atoms with van der Waals surface area (Å²) in [6.45, 7) is 9.85. The van der Waals surface area contributed by atoms with Gasteiger partial charge in [0.25, 0.3) is 0 Å². The van der Waals surface area contributed by atoms with E-state index in [1.165, 1.54) is 64.7 Å². The van der Waals surface area contributed by atoms with Crippen LogP contribution in [0.5, 0.6) is 0 Å². The lowest BCUT2D eigenvalue weighted by molar-refractivity contribution is 0.233. The zero-order valence-corrected chi connectivity index (χ0v) is 11.8. The van der Waals surface area contributed by atoms with Crippen molar-refractivity contribution in [2.24, 2.45) is 11.8 Å². The van der Waals surface area contributed by atoms with E-state index in [9.17, 15) is 0 Å². The summed E-state index contributed by atoms with van der Waals surface area (Å²) in [5, 5.41) is 3.73. The second-order valence-electron chi connectivity index (χ2n) is 6.19.